The maximum Gasteiger partial charge on any atom is 0.194 e. The molecule has 1 aromatic carbocycles. The molecule has 2 heterocycles. The van der Waals surface area contributed by atoms with Gasteiger partial charge >= 0.3 is 0 Å². The van der Waals surface area contributed by atoms with Gasteiger partial charge < -0.3 is 10.2 Å². The molecule has 0 bridgehead atoms. The van der Waals surface area contributed by atoms with Gasteiger partial charge in [0.05, 0.1) is 6.54 Å². The third kappa shape index (κ3) is 3.47. The van der Waals surface area contributed by atoms with Crippen LogP contribution in [0.15, 0.2) is 40.7 Å². The number of hydrogen-bond donors (Lipinski definition) is 1. The Morgan fingerprint density at radius 1 is 1.41 bits per heavy atom. The molecule has 5 heteroatoms. The van der Waals surface area contributed by atoms with E-state index in [1.54, 1.807) is 11.3 Å². The first-order valence-corrected chi connectivity index (χ1v) is 8.56. The number of rotatable bonds is 3. The predicted octanol–water partition coefficient (Wildman–Crippen LogP) is 3.02. The fourth-order valence-electron chi connectivity index (χ4n) is 2.92. The average molecular weight is 314 g/mol. The monoisotopic (exact) mass is 314 g/mol. The number of thiazole rings is 1. The molecule has 116 valence electrons. The molecule has 0 aliphatic carbocycles. The molecule has 1 aromatic heterocycles. The fourth-order valence-corrected chi connectivity index (χ4v) is 3.63. The van der Waals surface area contributed by atoms with E-state index in [2.05, 4.69) is 55.9 Å². The standard InChI is InChI=1S/C17H22N4S/c1-13-12-22-16(20-13)10-19-17(18-2)21-9-8-15(11-21)14-6-4-3-5-7-14/h3-7,12,15H,8-11H2,1-2H3,(H,18,19). The van der Waals surface area contributed by atoms with Crippen LogP contribution >= 0.6 is 11.3 Å². The van der Waals surface area contributed by atoms with E-state index in [9.17, 15) is 0 Å². The van der Waals surface area contributed by atoms with Gasteiger partial charge in [0.1, 0.15) is 5.01 Å². The molecule has 1 saturated heterocycles. The first kappa shape index (κ1) is 15.0. The Morgan fingerprint density at radius 2 is 2.23 bits per heavy atom. The van der Waals surface area contributed by atoms with Crippen LogP contribution in [0.3, 0.4) is 0 Å². The quantitative estimate of drug-likeness (QED) is 0.699. The molecule has 1 aliphatic heterocycles. The zero-order valence-electron chi connectivity index (χ0n) is 13.1. The Balaban J connectivity index is 1.58. The number of nitrogens with one attached hydrogen (secondary N) is 1. The van der Waals surface area contributed by atoms with Crippen LogP contribution in [-0.4, -0.2) is 36.0 Å². The molecule has 1 fully saturated rings. The third-order valence-electron chi connectivity index (χ3n) is 4.03. The van der Waals surface area contributed by atoms with Crippen LogP contribution in [0, 0.1) is 6.92 Å². The Bertz CT molecular complexity index is 635. The molecule has 0 amide bonds. The SMILES string of the molecule is CN=C(NCc1nc(C)cs1)N1CCC(c2ccccc2)C1. The number of benzene rings is 1. The normalized spacial score (nSPS) is 18.7. The van der Waals surface area contributed by atoms with E-state index in [-0.39, 0.29) is 0 Å². The van der Waals surface area contributed by atoms with Gasteiger partial charge in [-0.3, -0.25) is 4.99 Å². The molecule has 22 heavy (non-hydrogen) atoms. The minimum atomic E-state index is 0.599. The zero-order chi connectivity index (χ0) is 15.4. The lowest BCUT2D eigenvalue weighted by atomic mass is 9.99. The van der Waals surface area contributed by atoms with E-state index in [1.807, 2.05) is 14.0 Å². The van der Waals surface area contributed by atoms with Crippen LogP contribution in [0.5, 0.6) is 0 Å². The largest absolute Gasteiger partial charge is 0.350 e. The minimum absolute atomic E-state index is 0.599. The van der Waals surface area contributed by atoms with E-state index in [0.29, 0.717) is 5.92 Å². The Kier molecular flexibility index (Phi) is 4.73. The van der Waals surface area contributed by atoms with Crippen molar-refractivity contribution in [1.29, 1.82) is 0 Å². The summed E-state index contributed by atoms with van der Waals surface area (Å²) >= 11 is 1.69. The van der Waals surface area contributed by atoms with Gasteiger partial charge in [0, 0.05) is 37.1 Å². The molecular weight excluding hydrogens is 292 g/mol. The number of guanidine groups is 1. The van der Waals surface area contributed by atoms with Crippen LogP contribution in [0.25, 0.3) is 0 Å². The van der Waals surface area contributed by atoms with Gasteiger partial charge in [-0.15, -0.1) is 11.3 Å². The van der Waals surface area contributed by atoms with Gasteiger partial charge in [0.25, 0.3) is 0 Å². The molecule has 1 N–H and O–H groups in total. The molecule has 0 spiro atoms. The second kappa shape index (κ2) is 6.92. The summed E-state index contributed by atoms with van der Waals surface area (Å²) in [5, 5.41) is 6.63. The van der Waals surface area contributed by atoms with E-state index in [1.165, 1.54) is 12.0 Å². The highest BCUT2D eigenvalue weighted by molar-refractivity contribution is 7.09. The van der Waals surface area contributed by atoms with Crippen LogP contribution in [0.2, 0.25) is 0 Å². The van der Waals surface area contributed by atoms with Crippen LogP contribution in [-0.2, 0) is 6.54 Å². The van der Waals surface area contributed by atoms with Crippen molar-refractivity contribution in [3.63, 3.8) is 0 Å². The molecular formula is C17H22N4S. The van der Waals surface area contributed by atoms with E-state index < -0.39 is 0 Å². The number of likely N-dealkylation sites (tertiary alicyclic amines) is 1. The zero-order valence-corrected chi connectivity index (χ0v) is 13.9. The number of nitrogens with zero attached hydrogens (tertiary/aromatic N) is 3. The van der Waals surface area contributed by atoms with Crippen molar-refractivity contribution in [2.45, 2.75) is 25.8 Å². The lowest BCUT2D eigenvalue weighted by Gasteiger charge is -2.21. The smallest absolute Gasteiger partial charge is 0.194 e. The second-order valence-corrected chi connectivity index (χ2v) is 6.57. The summed E-state index contributed by atoms with van der Waals surface area (Å²) < 4.78 is 0. The highest BCUT2D eigenvalue weighted by atomic mass is 32.1. The topological polar surface area (TPSA) is 40.5 Å². The summed E-state index contributed by atoms with van der Waals surface area (Å²) in [4.78, 5) is 11.3. The molecule has 0 saturated carbocycles. The molecule has 4 nitrogen and oxygen atoms in total. The molecule has 2 aromatic rings. The Hall–Kier alpha value is -1.88. The summed E-state index contributed by atoms with van der Waals surface area (Å²) in [5.74, 6) is 1.58. The van der Waals surface area contributed by atoms with Gasteiger partial charge in [-0.05, 0) is 18.9 Å². The minimum Gasteiger partial charge on any atom is -0.350 e. The number of aliphatic imine (C=N–C) groups is 1. The number of aromatic nitrogens is 1. The van der Waals surface area contributed by atoms with E-state index >= 15 is 0 Å². The van der Waals surface area contributed by atoms with Crippen LogP contribution in [0.1, 0.15) is 28.6 Å². The van der Waals surface area contributed by atoms with Crippen molar-refractivity contribution >= 4 is 17.3 Å². The summed E-state index contributed by atoms with van der Waals surface area (Å²) in [7, 11) is 1.85. The highest BCUT2D eigenvalue weighted by Gasteiger charge is 2.25. The molecule has 3 rings (SSSR count). The van der Waals surface area contributed by atoms with Crippen molar-refractivity contribution in [2.75, 3.05) is 20.1 Å². The maximum absolute atomic E-state index is 4.49. The first-order chi connectivity index (χ1) is 10.8. The predicted molar refractivity (Wildman–Crippen MR) is 92.4 cm³/mol. The van der Waals surface area contributed by atoms with Gasteiger partial charge in [0.2, 0.25) is 0 Å². The Morgan fingerprint density at radius 3 is 2.91 bits per heavy atom. The van der Waals surface area contributed by atoms with Crippen molar-refractivity contribution in [3.05, 3.63) is 52.0 Å². The molecule has 1 aliphatic rings. The van der Waals surface area contributed by atoms with Gasteiger partial charge in [0.15, 0.2) is 5.96 Å². The maximum atomic E-state index is 4.49. The fraction of sp³-hybridized carbons (Fsp3) is 0.412. The van der Waals surface area contributed by atoms with Crippen molar-refractivity contribution in [1.82, 2.24) is 15.2 Å². The summed E-state index contributed by atoms with van der Waals surface area (Å²) in [6.45, 7) is 4.86. The first-order valence-electron chi connectivity index (χ1n) is 7.68. The van der Waals surface area contributed by atoms with Gasteiger partial charge in [-0.1, -0.05) is 30.3 Å². The van der Waals surface area contributed by atoms with E-state index in [0.717, 1.165) is 36.3 Å². The van der Waals surface area contributed by atoms with Crippen molar-refractivity contribution in [2.24, 2.45) is 4.99 Å². The number of hydrogen-bond acceptors (Lipinski definition) is 3. The highest BCUT2D eigenvalue weighted by Crippen LogP contribution is 2.26. The van der Waals surface area contributed by atoms with Crippen LogP contribution in [0.4, 0.5) is 0 Å². The second-order valence-electron chi connectivity index (χ2n) is 5.63. The summed E-state index contributed by atoms with van der Waals surface area (Å²) in [5.41, 5.74) is 2.51. The molecule has 0 radical (unpaired) electrons. The number of aryl methyl sites for hydroxylation is 1. The van der Waals surface area contributed by atoms with Crippen molar-refractivity contribution < 1.29 is 0 Å². The summed E-state index contributed by atoms with van der Waals surface area (Å²) in [6, 6.07) is 10.8. The van der Waals surface area contributed by atoms with Gasteiger partial charge in [-0.25, -0.2) is 4.98 Å². The molecule has 1 unspecified atom stereocenters. The lowest BCUT2D eigenvalue weighted by Crippen LogP contribution is -2.39. The van der Waals surface area contributed by atoms with E-state index in [4.69, 9.17) is 0 Å². The van der Waals surface area contributed by atoms with Crippen molar-refractivity contribution in [3.8, 4) is 0 Å². The van der Waals surface area contributed by atoms with Crippen LogP contribution < -0.4 is 5.32 Å². The third-order valence-corrected chi connectivity index (χ3v) is 5.00. The van der Waals surface area contributed by atoms with Gasteiger partial charge in [-0.2, -0.15) is 0 Å². The lowest BCUT2D eigenvalue weighted by molar-refractivity contribution is 0.485. The Labute approximate surface area is 135 Å². The molecule has 1 atom stereocenters. The average Bonchev–Trinajstić information content (AvgIpc) is 3.18. The summed E-state index contributed by atoms with van der Waals surface area (Å²) in [6.07, 6.45) is 1.18.